The minimum atomic E-state index is 0.0853. The highest BCUT2D eigenvalue weighted by Crippen LogP contribution is 2.28. The molecule has 1 saturated carbocycles. The van der Waals surface area contributed by atoms with E-state index in [4.69, 9.17) is 0 Å². The molecular weight excluding hydrogens is 336 g/mol. The number of pyridine rings is 1. The molecule has 0 bridgehead atoms. The van der Waals surface area contributed by atoms with Crippen molar-refractivity contribution in [3.63, 3.8) is 0 Å². The summed E-state index contributed by atoms with van der Waals surface area (Å²) in [6, 6.07) is 8.55. The largest absolute Gasteiger partial charge is 0.357 e. The van der Waals surface area contributed by atoms with E-state index < -0.39 is 0 Å². The molecular formula is C22H30N4O. The summed E-state index contributed by atoms with van der Waals surface area (Å²) in [5.41, 5.74) is 1.75. The van der Waals surface area contributed by atoms with Crippen LogP contribution in [0.25, 0.3) is 0 Å². The number of aromatic amines is 1. The molecule has 2 aromatic heterocycles. The molecule has 0 atom stereocenters. The lowest BCUT2D eigenvalue weighted by molar-refractivity contribution is 0.0645. The number of nitrogens with zero attached hydrogens (tertiary/aromatic N) is 3. The number of likely N-dealkylation sites (tertiary alicyclic amines) is 1. The van der Waals surface area contributed by atoms with Crippen LogP contribution in [0, 0.1) is 5.92 Å². The fourth-order valence-electron chi connectivity index (χ4n) is 4.65. The highest BCUT2D eigenvalue weighted by molar-refractivity contribution is 5.92. The van der Waals surface area contributed by atoms with Gasteiger partial charge in [-0.2, -0.15) is 0 Å². The van der Waals surface area contributed by atoms with Crippen molar-refractivity contribution < 1.29 is 4.79 Å². The number of carbonyl (C=O) groups excluding carboxylic acids is 1. The maximum Gasteiger partial charge on any atom is 0.270 e. The Kier molecular flexibility index (Phi) is 5.87. The van der Waals surface area contributed by atoms with Crippen molar-refractivity contribution in [2.75, 3.05) is 19.6 Å². The van der Waals surface area contributed by atoms with Crippen LogP contribution < -0.4 is 0 Å². The highest BCUT2D eigenvalue weighted by Gasteiger charge is 2.29. The van der Waals surface area contributed by atoms with E-state index in [-0.39, 0.29) is 5.91 Å². The van der Waals surface area contributed by atoms with Gasteiger partial charge in [0.25, 0.3) is 5.91 Å². The van der Waals surface area contributed by atoms with Crippen LogP contribution in [0.3, 0.4) is 0 Å². The minimum absolute atomic E-state index is 0.0853. The van der Waals surface area contributed by atoms with E-state index in [0.29, 0.717) is 18.2 Å². The topological polar surface area (TPSA) is 52.2 Å². The molecule has 1 N–H and O–H groups in total. The molecule has 144 valence electrons. The molecule has 27 heavy (non-hydrogen) atoms. The van der Waals surface area contributed by atoms with Gasteiger partial charge < -0.3 is 14.8 Å². The summed E-state index contributed by atoms with van der Waals surface area (Å²) in [4.78, 5) is 25.0. The second-order valence-corrected chi connectivity index (χ2v) is 8.05. The quantitative estimate of drug-likeness (QED) is 0.848. The molecule has 5 heteroatoms. The smallest absolute Gasteiger partial charge is 0.270 e. The molecule has 0 unspecified atom stereocenters. The van der Waals surface area contributed by atoms with Gasteiger partial charge in [-0.15, -0.1) is 0 Å². The molecule has 5 nitrogen and oxygen atoms in total. The van der Waals surface area contributed by atoms with Gasteiger partial charge in [0, 0.05) is 37.7 Å². The lowest BCUT2D eigenvalue weighted by atomic mass is 9.94. The summed E-state index contributed by atoms with van der Waals surface area (Å²) < 4.78 is 0. The van der Waals surface area contributed by atoms with Gasteiger partial charge in [-0.05, 0) is 68.5 Å². The summed E-state index contributed by atoms with van der Waals surface area (Å²) in [6.45, 7) is 3.82. The Bertz CT molecular complexity index is 701. The standard InChI is InChI=1S/C22H30N4O/c27-22(21-8-4-12-24-21)26(17-19-5-3-11-23-15-19)16-18-9-13-25(14-10-18)20-6-1-2-7-20/h3-5,8,11-12,15,18,20,24H,1-2,6-7,9-10,13-14,16-17H2. The van der Waals surface area contributed by atoms with Crippen LogP contribution in [0.15, 0.2) is 42.9 Å². The highest BCUT2D eigenvalue weighted by atomic mass is 16.2. The van der Waals surface area contributed by atoms with E-state index in [1.54, 1.807) is 6.20 Å². The van der Waals surface area contributed by atoms with Crippen LogP contribution in [0.1, 0.15) is 54.6 Å². The number of nitrogens with one attached hydrogen (secondary N) is 1. The van der Waals surface area contributed by atoms with E-state index in [2.05, 4.69) is 14.9 Å². The maximum atomic E-state index is 13.0. The molecule has 1 amide bonds. The van der Waals surface area contributed by atoms with Crippen LogP contribution in [-0.2, 0) is 6.54 Å². The van der Waals surface area contributed by atoms with Gasteiger partial charge in [0.05, 0.1) is 0 Å². The molecule has 0 aromatic carbocycles. The Balaban J connectivity index is 1.39. The van der Waals surface area contributed by atoms with Gasteiger partial charge in [0.2, 0.25) is 0 Å². The number of piperidine rings is 1. The van der Waals surface area contributed by atoms with Crippen molar-refractivity contribution in [3.05, 3.63) is 54.1 Å². The Hall–Kier alpha value is -2.14. The second-order valence-electron chi connectivity index (χ2n) is 8.05. The lowest BCUT2D eigenvalue weighted by Crippen LogP contribution is -2.43. The predicted molar refractivity (Wildman–Crippen MR) is 106 cm³/mol. The zero-order valence-electron chi connectivity index (χ0n) is 16.0. The van der Waals surface area contributed by atoms with Crippen LogP contribution in [0.4, 0.5) is 0 Å². The van der Waals surface area contributed by atoms with Crippen LogP contribution in [-0.4, -0.2) is 51.4 Å². The van der Waals surface area contributed by atoms with Crippen molar-refractivity contribution >= 4 is 5.91 Å². The fourth-order valence-corrected chi connectivity index (χ4v) is 4.65. The molecule has 0 spiro atoms. The molecule has 1 aliphatic carbocycles. The summed E-state index contributed by atoms with van der Waals surface area (Å²) in [5.74, 6) is 0.667. The number of carbonyl (C=O) groups is 1. The summed E-state index contributed by atoms with van der Waals surface area (Å²) in [5, 5.41) is 0. The second kappa shape index (κ2) is 8.70. The number of amides is 1. The molecule has 2 aliphatic rings. The predicted octanol–water partition coefficient (Wildman–Crippen LogP) is 3.71. The molecule has 0 radical (unpaired) electrons. The Morgan fingerprint density at radius 1 is 1.15 bits per heavy atom. The summed E-state index contributed by atoms with van der Waals surface area (Å²) >= 11 is 0. The maximum absolute atomic E-state index is 13.0. The van der Waals surface area contributed by atoms with Crippen molar-refractivity contribution in [1.29, 1.82) is 0 Å². The SMILES string of the molecule is O=C(c1ccc[nH]1)N(Cc1cccnc1)CC1CCN(C2CCCC2)CC1. The summed E-state index contributed by atoms with van der Waals surface area (Å²) in [7, 11) is 0. The van der Waals surface area contributed by atoms with Crippen LogP contribution >= 0.6 is 0 Å². The minimum Gasteiger partial charge on any atom is -0.357 e. The van der Waals surface area contributed by atoms with Crippen LogP contribution in [0.2, 0.25) is 0 Å². The fraction of sp³-hybridized carbons (Fsp3) is 0.545. The van der Waals surface area contributed by atoms with Crippen molar-refractivity contribution in [2.45, 2.75) is 51.1 Å². The van der Waals surface area contributed by atoms with Crippen LogP contribution in [0.5, 0.6) is 0 Å². The average molecular weight is 367 g/mol. The van der Waals surface area contributed by atoms with Gasteiger partial charge in [0.1, 0.15) is 5.69 Å². The van der Waals surface area contributed by atoms with Crippen molar-refractivity contribution in [2.24, 2.45) is 5.92 Å². The van der Waals surface area contributed by atoms with Gasteiger partial charge in [0.15, 0.2) is 0 Å². The van der Waals surface area contributed by atoms with Crippen molar-refractivity contribution in [3.8, 4) is 0 Å². The number of H-pyrrole nitrogens is 1. The van der Waals surface area contributed by atoms with E-state index in [1.807, 2.05) is 41.6 Å². The molecule has 2 aromatic rings. The molecule has 2 fully saturated rings. The molecule has 1 saturated heterocycles. The van der Waals surface area contributed by atoms with E-state index in [1.165, 1.54) is 51.6 Å². The van der Waals surface area contributed by atoms with E-state index in [9.17, 15) is 4.79 Å². The Labute approximate surface area is 161 Å². The number of hydrogen-bond donors (Lipinski definition) is 1. The monoisotopic (exact) mass is 366 g/mol. The Morgan fingerprint density at radius 2 is 1.96 bits per heavy atom. The first-order chi connectivity index (χ1) is 13.3. The average Bonchev–Trinajstić information content (AvgIpc) is 3.42. The summed E-state index contributed by atoms with van der Waals surface area (Å²) in [6.07, 6.45) is 13.4. The Morgan fingerprint density at radius 3 is 2.63 bits per heavy atom. The third-order valence-corrected chi connectivity index (χ3v) is 6.18. The van der Waals surface area contributed by atoms with Gasteiger partial charge in [-0.1, -0.05) is 18.9 Å². The lowest BCUT2D eigenvalue weighted by Gasteiger charge is -2.37. The van der Waals surface area contributed by atoms with Gasteiger partial charge >= 0.3 is 0 Å². The third-order valence-electron chi connectivity index (χ3n) is 6.18. The molecule has 4 rings (SSSR count). The van der Waals surface area contributed by atoms with E-state index >= 15 is 0 Å². The first kappa shape index (κ1) is 18.2. The number of hydrogen-bond acceptors (Lipinski definition) is 3. The van der Waals surface area contributed by atoms with E-state index in [0.717, 1.165) is 18.2 Å². The first-order valence-electron chi connectivity index (χ1n) is 10.4. The zero-order valence-corrected chi connectivity index (χ0v) is 16.0. The normalized spacial score (nSPS) is 19.4. The van der Waals surface area contributed by atoms with Gasteiger partial charge in [-0.25, -0.2) is 0 Å². The number of aromatic nitrogens is 2. The first-order valence-corrected chi connectivity index (χ1v) is 10.4. The van der Waals surface area contributed by atoms with Gasteiger partial charge in [-0.3, -0.25) is 9.78 Å². The molecule has 3 heterocycles. The van der Waals surface area contributed by atoms with Crippen molar-refractivity contribution in [1.82, 2.24) is 19.8 Å². The zero-order chi connectivity index (χ0) is 18.5. The molecule has 1 aliphatic heterocycles. The number of rotatable bonds is 6. The third kappa shape index (κ3) is 4.59.